The fourth-order valence-electron chi connectivity index (χ4n) is 2.33. The van der Waals surface area contributed by atoms with Crippen LogP contribution in [0, 0.1) is 0 Å². The number of hydrogen-bond donors (Lipinski definition) is 2. The molecule has 0 heterocycles. The molecule has 0 fully saturated rings. The third kappa shape index (κ3) is 6.05. The molecule has 0 saturated carbocycles. The number of ether oxygens (including phenoxy) is 1. The maximum atomic E-state index is 11.8. The number of carbonyl (C=O) groups excluding carboxylic acids is 2. The van der Waals surface area contributed by atoms with Crippen molar-refractivity contribution in [3.63, 3.8) is 0 Å². The van der Waals surface area contributed by atoms with Crippen LogP contribution in [-0.2, 0) is 16.0 Å². The number of carbonyl (C=O) groups is 2. The molecule has 2 unspecified atom stereocenters. The zero-order valence-corrected chi connectivity index (χ0v) is 15.8. The van der Waals surface area contributed by atoms with Crippen LogP contribution in [0.1, 0.15) is 17.2 Å². The van der Waals surface area contributed by atoms with E-state index in [-0.39, 0.29) is 17.8 Å². The summed E-state index contributed by atoms with van der Waals surface area (Å²) in [7, 11) is 0. The number of halogens is 1. The van der Waals surface area contributed by atoms with Gasteiger partial charge in [-0.2, -0.15) is 11.8 Å². The molecule has 2 amide bonds. The number of thioether (sulfide) groups is 1. The summed E-state index contributed by atoms with van der Waals surface area (Å²) < 4.78 is 5.61. The maximum Gasteiger partial charge on any atom is 0.239 e. The Hall–Kier alpha value is -2.02. The molecule has 2 rings (SSSR count). The van der Waals surface area contributed by atoms with Crippen LogP contribution in [0.2, 0.25) is 5.02 Å². The molecule has 5 nitrogen and oxygen atoms in total. The van der Waals surface area contributed by atoms with E-state index in [1.54, 1.807) is 36.4 Å². The van der Waals surface area contributed by atoms with Crippen LogP contribution in [0.5, 0.6) is 5.75 Å². The molecule has 0 spiro atoms. The Morgan fingerprint density at radius 1 is 1.23 bits per heavy atom. The second-order valence-electron chi connectivity index (χ2n) is 5.58. The highest BCUT2D eigenvalue weighted by molar-refractivity contribution is 7.99. The number of benzene rings is 2. The van der Waals surface area contributed by atoms with Crippen molar-refractivity contribution >= 4 is 35.7 Å². The van der Waals surface area contributed by atoms with Crippen molar-refractivity contribution in [3.8, 4) is 5.75 Å². The normalized spacial score (nSPS) is 12.9. The number of amides is 2. The van der Waals surface area contributed by atoms with Gasteiger partial charge < -0.3 is 9.84 Å². The van der Waals surface area contributed by atoms with Crippen molar-refractivity contribution < 1.29 is 19.4 Å². The lowest BCUT2D eigenvalue weighted by atomic mass is 10.1. The van der Waals surface area contributed by atoms with Crippen LogP contribution in [0.15, 0.2) is 48.5 Å². The first-order valence-corrected chi connectivity index (χ1v) is 9.62. The third-order valence-corrected chi connectivity index (χ3v) is 4.99. The molecular formula is C19H20ClNO4S. The minimum Gasteiger partial charge on any atom is -0.491 e. The first kappa shape index (κ1) is 20.3. The van der Waals surface area contributed by atoms with E-state index in [1.165, 1.54) is 11.8 Å². The fraction of sp³-hybridized carbons (Fsp3) is 0.263. The lowest BCUT2D eigenvalue weighted by molar-refractivity contribution is -0.124. The number of hydrogen-bond acceptors (Lipinski definition) is 5. The van der Waals surface area contributed by atoms with Crippen molar-refractivity contribution in [2.75, 3.05) is 12.9 Å². The first-order valence-electron chi connectivity index (χ1n) is 7.95. The Kier molecular flexibility index (Phi) is 7.97. The predicted octanol–water partition coefficient (Wildman–Crippen LogP) is 3.00. The summed E-state index contributed by atoms with van der Waals surface area (Å²) in [5.41, 5.74) is 1.69. The molecule has 0 radical (unpaired) electrons. The summed E-state index contributed by atoms with van der Waals surface area (Å²) in [4.78, 5) is 22.1. The van der Waals surface area contributed by atoms with Gasteiger partial charge in [-0.05, 0) is 48.1 Å². The van der Waals surface area contributed by atoms with Gasteiger partial charge >= 0.3 is 0 Å². The molecule has 2 aromatic rings. The van der Waals surface area contributed by atoms with E-state index < -0.39 is 6.10 Å². The van der Waals surface area contributed by atoms with Crippen LogP contribution in [-0.4, -0.2) is 35.5 Å². The number of imide groups is 1. The molecule has 0 saturated heterocycles. The number of aliphatic hydroxyl groups excluding tert-OH is 1. The number of aliphatic hydroxyl groups is 1. The van der Waals surface area contributed by atoms with Crippen molar-refractivity contribution in [2.24, 2.45) is 0 Å². The minimum atomic E-state index is -0.750. The lowest BCUT2D eigenvalue weighted by Gasteiger charge is -2.14. The van der Waals surface area contributed by atoms with Crippen LogP contribution in [0.25, 0.3) is 0 Å². The van der Waals surface area contributed by atoms with Gasteiger partial charge in [0.05, 0.1) is 5.25 Å². The second-order valence-corrected chi connectivity index (χ2v) is 7.05. The summed E-state index contributed by atoms with van der Waals surface area (Å²) >= 11 is 7.22. The third-order valence-electron chi connectivity index (χ3n) is 3.79. The monoisotopic (exact) mass is 393 g/mol. The predicted molar refractivity (Wildman–Crippen MR) is 104 cm³/mol. The standard InChI is InChI=1S/C19H20ClNO4S/c1-26-18(19(24)21-12-22)10-13-2-8-16(9-3-13)25-11-17(23)14-4-6-15(20)7-5-14/h2-9,12,17-18,23H,10-11H2,1H3,(H,21,22,24). The van der Waals surface area contributed by atoms with E-state index in [2.05, 4.69) is 5.32 Å². The largest absolute Gasteiger partial charge is 0.491 e. The zero-order valence-electron chi connectivity index (χ0n) is 14.2. The lowest BCUT2D eigenvalue weighted by Crippen LogP contribution is -2.32. The Morgan fingerprint density at radius 2 is 1.88 bits per heavy atom. The SMILES string of the molecule is CSC(Cc1ccc(OCC(O)c2ccc(Cl)cc2)cc1)C(=O)NC=O. The van der Waals surface area contributed by atoms with Gasteiger partial charge in [-0.3, -0.25) is 14.9 Å². The average molecular weight is 394 g/mol. The highest BCUT2D eigenvalue weighted by atomic mass is 35.5. The van der Waals surface area contributed by atoms with Gasteiger partial charge in [0.25, 0.3) is 0 Å². The molecule has 26 heavy (non-hydrogen) atoms. The molecule has 0 aliphatic rings. The van der Waals surface area contributed by atoms with Crippen molar-refractivity contribution in [3.05, 3.63) is 64.7 Å². The van der Waals surface area contributed by atoms with Crippen LogP contribution < -0.4 is 10.1 Å². The Morgan fingerprint density at radius 3 is 2.46 bits per heavy atom. The number of nitrogens with one attached hydrogen (secondary N) is 1. The molecule has 0 aliphatic heterocycles. The number of rotatable bonds is 9. The summed E-state index contributed by atoms with van der Waals surface area (Å²) in [6, 6.07) is 14.3. The van der Waals surface area contributed by atoms with E-state index in [0.717, 1.165) is 11.1 Å². The smallest absolute Gasteiger partial charge is 0.239 e. The second kappa shape index (κ2) is 10.2. The quantitative estimate of drug-likeness (QED) is 0.640. The van der Waals surface area contributed by atoms with E-state index in [9.17, 15) is 14.7 Å². The molecule has 7 heteroatoms. The van der Waals surface area contributed by atoms with Crippen LogP contribution in [0.3, 0.4) is 0 Å². The summed E-state index contributed by atoms with van der Waals surface area (Å²) in [6.45, 7) is 0.121. The van der Waals surface area contributed by atoms with Gasteiger partial charge in [0.2, 0.25) is 12.3 Å². The summed E-state index contributed by atoms with van der Waals surface area (Å²) in [6.07, 6.45) is 1.98. The molecular weight excluding hydrogens is 374 g/mol. The molecule has 2 atom stereocenters. The Labute approximate surface area is 161 Å². The maximum absolute atomic E-state index is 11.8. The summed E-state index contributed by atoms with van der Waals surface area (Å²) in [5, 5.41) is 12.6. The molecule has 2 N–H and O–H groups in total. The Balaban J connectivity index is 1.89. The highest BCUT2D eigenvalue weighted by Gasteiger charge is 2.17. The molecule has 0 bridgehead atoms. The van der Waals surface area contributed by atoms with Crippen molar-refractivity contribution in [1.29, 1.82) is 0 Å². The van der Waals surface area contributed by atoms with Gasteiger partial charge in [0.15, 0.2) is 0 Å². The van der Waals surface area contributed by atoms with Gasteiger partial charge in [-0.1, -0.05) is 35.9 Å². The molecule has 0 aliphatic carbocycles. The van der Waals surface area contributed by atoms with Crippen LogP contribution >= 0.6 is 23.4 Å². The van der Waals surface area contributed by atoms with Gasteiger partial charge in [-0.15, -0.1) is 0 Å². The topological polar surface area (TPSA) is 75.6 Å². The Bertz CT molecular complexity index is 721. The van der Waals surface area contributed by atoms with E-state index in [1.807, 2.05) is 18.4 Å². The molecule has 138 valence electrons. The van der Waals surface area contributed by atoms with E-state index in [4.69, 9.17) is 16.3 Å². The molecule has 2 aromatic carbocycles. The van der Waals surface area contributed by atoms with Gasteiger partial charge in [-0.25, -0.2) is 0 Å². The molecule has 0 aromatic heterocycles. The first-order chi connectivity index (χ1) is 12.5. The average Bonchev–Trinajstić information content (AvgIpc) is 2.65. The van der Waals surface area contributed by atoms with Crippen LogP contribution in [0.4, 0.5) is 0 Å². The highest BCUT2D eigenvalue weighted by Crippen LogP contribution is 2.20. The van der Waals surface area contributed by atoms with Gasteiger partial charge in [0, 0.05) is 5.02 Å². The van der Waals surface area contributed by atoms with Crippen molar-refractivity contribution in [1.82, 2.24) is 5.32 Å². The van der Waals surface area contributed by atoms with E-state index in [0.29, 0.717) is 23.6 Å². The summed E-state index contributed by atoms with van der Waals surface area (Å²) in [5.74, 6) is 0.318. The minimum absolute atomic E-state index is 0.121. The van der Waals surface area contributed by atoms with E-state index >= 15 is 0 Å². The fourth-order valence-corrected chi connectivity index (χ4v) is 3.09. The van der Waals surface area contributed by atoms with Gasteiger partial charge in [0.1, 0.15) is 18.5 Å². The van der Waals surface area contributed by atoms with Crippen molar-refractivity contribution in [2.45, 2.75) is 17.8 Å². The zero-order chi connectivity index (χ0) is 18.9.